The molecule has 3 aliphatic rings. The van der Waals surface area contributed by atoms with Crippen molar-refractivity contribution in [2.24, 2.45) is 5.92 Å². The van der Waals surface area contributed by atoms with E-state index in [0.717, 1.165) is 31.2 Å². The van der Waals surface area contributed by atoms with Crippen molar-refractivity contribution in [1.82, 2.24) is 4.31 Å². The summed E-state index contributed by atoms with van der Waals surface area (Å²) in [6, 6.07) is 10.4. The molecule has 0 saturated heterocycles. The Labute approximate surface area is 193 Å². The van der Waals surface area contributed by atoms with Gasteiger partial charge in [0.25, 0.3) is 0 Å². The van der Waals surface area contributed by atoms with E-state index < -0.39 is 28.1 Å². The number of carbonyl (C=O) groups is 1. The molecule has 2 aromatic carbocycles. The molecular weight excluding hydrogens is 442 g/mol. The first-order chi connectivity index (χ1) is 15.8. The lowest BCUT2D eigenvalue weighted by molar-refractivity contribution is -0.133. The van der Waals surface area contributed by atoms with E-state index in [-0.39, 0.29) is 17.3 Å². The van der Waals surface area contributed by atoms with Crippen LogP contribution in [0.15, 0.2) is 59.0 Å². The average molecular weight is 470 g/mol. The van der Waals surface area contributed by atoms with Gasteiger partial charge < -0.3 is 14.6 Å². The number of carboxylic acid groups (broad SMARTS) is 1. The maximum Gasteiger partial charge on any atom is 0.333 e. The minimum Gasteiger partial charge on any atom is -0.478 e. The van der Waals surface area contributed by atoms with Gasteiger partial charge in [-0.3, -0.25) is 0 Å². The van der Waals surface area contributed by atoms with Gasteiger partial charge in [-0.1, -0.05) is 55.5 Å². The van der Waals surface area contributed by atoms with E-state index in [1.54, 1.807) is 48.5 Å². The number of hydrogen-bond acceptors (Lipinski definition) is 5. The van der Waals surface area contributed by atoms with E-state index in [4.69, 9.17) is 9.47 Å². The highest BCUT2D eigenvalue weighted by atomic mass is 32.2. The monoisotopic (exact) mass is 469 g/mol. The van der Waals surface area contributed by atoms with E-state index in [9.17, 15) is 18.3 Å². The average Bonchev–Trinajstić information content (AvgIpc) is 3.53. The molecule has 8 heteroatoms. The molecular formula is C25H27NO6S. The minimum atomic E-state index is -3.98. The van der Waals surface area contributed by atoms with Crippen LogP contribution in [-0.2, 0) is 14.8 Å². The van der Waals surface area contributed by atoms with Crippen LogP contribution in [0.1, 0.15) is 49.3 Å². The smallest absolute Gasteiger partial charge is 0.333 e. The van der Waals surface area contributed by atoms with Crippen LogP contribution < -0.4 is 9.47 Å². The molecule has 0 aromatic heterocycles. The minimum absolute atomic E-state index is 0.0764. The van der Waals surface area contributed by atoms with Gasteiger partial charge in [0.2, 0.25) is 16.8 Å². The standard InChI is InChI=1S/C25H27NO6S/c1-16-6-9-20(10-7-16)33(29,30)26-19(12-17-4-2-3-5-17)14-21(25(27)28)24(26)18-8-11-22-23(13-18)32-15-31-22/h6-11,13-14,17,19,24H,2-5,12,15H2,1H3,(H,27,28)/t19-,24+/m1/s1. The molecule has 1 aliphatic carbocycles. The highest BCUT2D eigenvalue weighted by Gasteiger charge is 2.47. The second-order valence-electron chi connectivity index (χ2n) is 9.04. The molecule has 0 radical (unpaired) electrons. The third-order valence-corrected chi connectivity index (χ3v) is 8.76. The van der Waals surface area contributed by atoms with Gasteiger partial charge in [0.05, 0.1) is 16.5 Å². The number of nitrogens with zero attached hydrogens (tertiary/aromatic N) is 1. The molecule has 2 aromatic rings. The fraction of sp³-hybridized carbons (Fsp3) is 0.400. The van der Waals surface area contributed by atoms with Gasteiger partial charge in [-0.25, -0.2) is 13.2 Å². The second-order valence-corrected chi connectivity index (χ2v) is 10.9. The quantitative estimate of drug-likeness (QED) is 0.673. The third kappa shape index (κ3) is 4.02. The van der Waals surface area contributed by atoms with Gasteiger partial charge in [0.15, 0.2) is 11.5 Å². The van der Waals surface area contributed by atoms with E-state index in [0.29, 0.717) is 29.4 Å². The van der Waals surface area contributed by atoms with Crippen molar-refractivity contribution in [2.75, 3.05) is 6.79 Å². The van der Waals surface area contributed by atoms with Crippen LogP contribution in [0.5, 0.6) is 11.5 Å². The summed E-state index contributed by atoms with van der Waals surface area (Å²) in [5.74, 6) is 0.320. The molecule has 1 fully saturated rings. The molecule has 0 bridgehead atoms. The highest BCUT2D eigenvalue weighted by Crippen LogP contribution is 2.46. The molecule has 7 nitrogen and oxygen atoms in total. The summed E-state index contributed by atoms with van der Waals surface area (Å²) in [5.41, 5.74) is 1.58. The molecule has 1 N–H and O–H groups in total. The van der Waals surface area contributed by atoms with Gasteiger partial charge in [-0.05, 0) is 49.1 Å². The van der Waals surface area contributed by atoms with Crippen molar-refractivity contribution in [1.29, 1.82) is 0 Å². The molecule has 5 rings (SSSR count). The molecule has 2 atom stereocenters. The van der Waals surface area contributed by atoms with Crippen molar-refractivity contribution in [2.45, 2.75) is 56.0 Å². The summed E-state index contributed by atoms with van der Waals surface area (Å²) in [5, 5.41) is 10.1. The molecule has 1 saturated carbocycles. The summed E-state index contributed by atoms with van der Waals surface area (Å²) in [4.78, 5) is 12.5. The third-order valence-electron chi connectivity index (χ3n) is 6.85. The Morgan fingerprint density at radius 2 is 1.76 bits per heavy atom. The Balaban J connectivity index is 1.62. The van der Waals surface area contributed by atoms with E-state index in [1.165, 1.54) is 4.31 Å². The zero-order chi connectivity index (χ0) is 23.2. The second kappa shape index (κ2) is 8.50. The van der Waals surface area contributed by atoms with Crippen LogP contribution in [0.3, 0.4) is 0 Å². The highest BCUT2D eigenvalue weighted by molar-refractivity contribution is 7.89. The van der Waals surface area contributed by atoms with E-state index >= 15 is 0 Å². The largest absolute Gasteiger partial charge is 0.478 e. The number of fused-ring (bicyclic) bond motifs is 1. The first kappa shape index (κ1) is 22.0. The van der Waals surface area contributed by atoms with E-state index in [1.807, 2.05) is 6.92 Å². The normalized spacial score (nSPS) is 23.1. The first-order valence-corrected chi connectivity index (χ1v) is 12.7. The number of benzene rings is 2. The molecule has 0 spiro atoms. The van der Waals surface area contributed by atoms with Gasteiger partial charge in [0, 0.05) is 6.04 Å². The number of ether oxygens (including phenoxy) is 2. The summed E-state index contributed by atoms with van der Waals surface area (Å²) < 4.78 is 40.2. The summed E-state index contributed by atoms with van der Waals surface area (Å²) >= 11 is 0. The first-order valence-electron chi connectivity index (χ1n) is 11.3. The number of sulfonamides is 1. The Morgan fingerprint density at radius 1 is 1.06 bits per heavy atom. The van der Waals surface area contributed by atoms with Crippen molar-refractivity contribution in [3.63, 3.8) is 0 Å². The van der Waals surface area contributed by atoms with Crippen molar-refractivity contribution in [3.8, 4) is 11.5 Å². The van der Waals surface area contributed by atoms with Crippen molar-refractivity contribution in [3.05, 3.63) is 65.2 Å². The Kier molecular flexibility index (Phi) is 5.66. The predicted octanol–water partition coefficient (Wildman–Crippen LogP) is 4.43. The Bertz CT molecular complexity index is 1200. The number of rotatable bonds is 6. The zero-order valence-corrected chi connectivity index (χ0v) is 19.3. The van der Waals surface area contributed by atoms with Gasteiger partial charge >= 0.3 is 5.97 Å². The number of aryl methyl sites for hydroxylation is 1. The van der Waals surface area contributed by atoms with Crippen LogP contribution in [0.25, 0.3) is 0 Å². The lowest BCUT2D eigenvalue weighted by atomic mass is 9.98. The van der Waals surface area contributed by atoms with Gasteiger partial charge in [0.1, 0.15) is 0 Å². The molecule has 2 aliphatic heterocycles. The lowest BCUT2D eigenvalue weighted by Crippen LogP contribution is -2.39. The van der Waals surface area contributed by atoms with Crippen LogP contribution in [0, 0.1) is 12.8 Å². The predicted molar refractivity (Wildman–Crippen MR) is 122 cm³/mol. The molecule has 174 valence electrons. The maximum atomic E-state index is 14.0. The Hall–Kier alpha value is -2.84. The van der Waals surface area contributed by atoms with Crippen LogP contribution in [0.2, 0.25) is 0 Å². The van der Waals surface area contributed by atoms with Crippen molar-refractivity contribution < 1.29 is 27.8 Å². The van der Waals surface area contributed by atoms with Crippen molar-refractivity contribution >= 4 is 16.0 Å². The molecule has 0 unspecified atom stereocenters. The maximum absolute atomic E-state index is 14.0. The summed E-state index contributed by atoms with van der Waals surface area (Å²) in [6.45, 7) is 1.98. The number of aliphatic carboxylic acids is 1. The van der Waals surface area contributed by atoms with Gasteiger partial charge in [-0.15, -0.1) is 0 Å². The van der Waals surface area contributed by atoms with Crippen LogP contribution >= 0.6 is 0 Å². The molecule has 0 amide bonds. The fourth-order valence-electron chi connectivity index (χ4n) is 5.21. The van der Waals surface area contributed by atoms with Crippen LogP contribution in [-0.4, -0.2) is 36.6 Å². The molecule has 2 heterocycles. The summed E-state index contributed by atoms with van der Waals surface area (Å²) in [7, 11) is -3.98. The Morgan fingerprint density at radius 3 is 2.45 bits per heavy atom. The lowest BCUT2D eigenvalue weighted by Gasteiger charge is -2.32. The summed E-state index contributed by atoms with van der Waals surface area (Å²) in [6.07, 6.45) is 6.59. The zero-order valence-electron chi connectivity index (χ0n) is 18.4. The number of hydrogen-bond donors (Lipinski definition) is 1. The van der Waals surface area contributed by atoms with Crippen LogP contribution in [0.4, 0.5) is 0 Å². The van der Waals surface area contributed by atoms with Gasteiger partial charge in [-0.2, -0.15) is 4.31 Å². The SMILES string of the molecule is Cc1ccc(S(=O)(=O)N2[C@@H](c3ccc4c(c3)OCO4)C(C(=O)O)=C[C@H]2CC2CCCC2)cc1. The van der Waals surface area contributed by atoms with E-state index in [2.05, 4.69) is 0 Å². The topological polar surface area (TPSA) is 93.1 Å². The fourth-order valence-corrected chi connectivity index (χ4v) is 6.95. The molecule has 33 heavy (non-hydrogen) atoms. The number of carboxylic acids is 1.